The summed E-state index contributed by atoms with van der Waals surface area (Å²) in [5.74, 6) is 0. The number of hydrogen-bond acceptors (Lipinski definition) is 2. The van der Waals surface area contributed by atoms with Gasteiger partial charge >= 0.3 is 12.1 Å². The molecule has 4 rings (SSSR count). The second kappa shape index (κ2) is 6.61. The molecule has 2 aromatic carbocycles. The lowest BCUT2D eigenvalue weighted by molar-refractivity contribution is -0.0518. The summed E-state index contributed by atoms with van der Waals surface area (Å²) in [4.78, 5) is 29.1. The third kappa shape index (κ3) is 3.12. The summed E-state index contributed by atoms with van der Waals surface area (Å²) in [6, 6.07) is 19.3. The molecule has 2 fully saturated rings. The standard InChI is InChI=1S/C21H24N4O2/c1-21(2)17-22-20(27)25(14-16-11-7-4-8-12-16)18(21)23-19(26)24(17)13-15-9-5-3-6-10-15/h3-12,17-18H,13-14H2,1-2H3,(H,22,27)(H,23,26)/t17-,18-/m0/s1. The van der Waals surface area contributed by atoms with E-state index in [2.05, 4.69) is 24.5 Å². The number of benzene rings is 2. The topological polar surface area (TPSA) is 64.7 Å². The van der Waals surface area contributed by atoms with Crippen molar-refractivity contribution in [2.75, 3.05) is 0 Å². The highest BCUT2D eigenvalue weighted by molar-refractivity contribution is 5.82. The summed E-state index contributed by atoms with van der Waals surface area (Å²) in [6.45, 7) is 5.06. The van der Waals surface area contributed by atoms with Crippen LogP contribution < -0.4 is 10.6 Å². The zero-order chi connectivity index (χ0) is 19.0. The molecule has 0 aromatic heterocycles. The smallest absolute Gasteiger partial charge is 0.317 e. The first-order chi connectivity index (χ1) is 13.0. The molecule has 4 amide bonds. The minimum atomic E-state index is -0.365. The van der Waals surface area contributed by atoms with Crippen molar-refractivity contribution in [3.63, 3.8) is 0 Å². The summed E-state index contributed by atoms with van der Waals surface area (Å²) in [5, 5.41) is 6.12. The number of rotatable bonds is 4. The molecule has 6 heteroatoms. The van der Waals surface area contributed by atoms with E-state index >= 15 is 0 Å². The predicted octanol–water partition coefficient (Wildman–Crippen LogP) is 3.12. The average Bonchev–Trinajstić information content (AvgIpc) is 2.66. The molecule has 140 valence electrons. The van der Waals surface area contributed by atoms with Gasteiger partial charge in [-0.1, -0.05) is 74.5 Å². The normalized spacial score (nSPS) is 23.6. The van der Waals surface area contributed by atoms with Crippen molar-refractivity contribution in [2.24, 2.45) is 5.41 Å². The zero-order valence-corrected chi connectivity index (χ0v) is 15.6. The van der Waals surface area contributed by atoms with Crippen molar-refractivity contribution >= 4 is 12.1 Å². The van der Waals surface area contributed by atoms with Crippen LogP contribution in [0.4, 0.5) is 9.59 Å². The molecular formula is C21H24N4O2. The summed E-state index contributed by atoms with van der Waals surface area (Å²) in [5.41, 5.74) is 1.71. The first-order valence-electron chi connectivity index (χ1n) is 9.19. The zero-order valence-electron chi connectivity index (χ0n) is 15.6. The van der Waals surface area contributed by atoms with Crippen LogP contribution in [0.15, 0.2) is 60.7 Å². The molecule has 0 unspecified atom stereocenters. The van der Waals surface area contributed by atoms with Crippen molar-refractivity contribution < 1.29 is 9.59 Å². The van der Waals surface area contributed by atoms with Gasteiger partial charge in [0, 0.05) is 18.5 Å². The molecule has 0 radical (unpaired) electrons. The van der Waals surface area contributed by atoms with E-state index in [9.17, 15) is 9.59 Å². The van der Waals surface area contributed by atoms with Crippen molar-refractivity contribution in [3.05, 3.63) is 71.8 Å². The average molecular weight is 364 g/mol. The maximum absolute atomic E-state index is 12.8. The SMILES string of the molecule is CC1(C)[C@H]2NC(=O)N(Cc3ccccc3)[C@@H]1NC(=O)N2Cc1ccccc1. The van der Waals surface area contributed by atoms with Crippen molar-refractivity contribution in [1.29, 1.82) is 0 Å². The Morgan fingerprint density at radius 2 is 1.11 bits per heavy atom. The van der Waals surface area contributed by atoms with Crippen LogP contribution >= 0.6 is 0 Å². The maximum atomic E-state index is 12.8. The van der Waals surface area contributed by atoms with Crippen LogP contribution in [0.1, 0.15) is 25.0 Å². The number of hydrogen-bond donors (Lipinski definition) is 2. The van der Waals surface area contributed by atoms with Crippen LogP contribution in [0.2, 0.25) is 0 Å². The summed E-state index contributed by atoms with van der Waals surface area (Å²) in [6.07, 6.45) is -0.730. The predicted molar refractivity (Wildman–Crippen MR) is 102 cm³/mol. The number of carbonyl (C=O) groups is 2. The second-order valence-corrected chi connectivity index (χ2v) is 7.75. The largest absolute Gasteiger partial charge is 0.321 e. The Bertz CT molecular complexity index is 768. The molecule has 2 atom stereocenters. The Hall–Kier alpha value is -3.02. The quantitative estimate of drug-likeness (QED) is 0.875. The van der Waals surface area contributed by atoms with E-state index in [0.29, 0.717) is 13.1 Å². The minimum absolute atomic E-state index is 0.161. The van der Waals surface area contributed by atoms with Crippen LogP contribution in [-0.4, -0.2) is 34.2 Å². The maximum Gasteiger partial charge on any atom is 0.321 e. The minimum Gasteiger partial charge on any atom is -0.317 e. The first-order valence-corrected chi connectivity index (χ1v) is 9.19. The van der Waals surface area contributed by atoms with Gasteiger partial charge in [0.15, 0.2) is 0 Å². The van der Waals surface area contributed by atoms with Crippen molar-refractivity contribution in [3.8, 4) is 0 Å². The van der Waals surface area contributed by atoms with Gasteiger partial charge in [0.05, 0.1) is 0 Å². The molecule has 2 aliphatic heterocycles. The number of nitrogens with one attached hydrogen (secondary N) is 2. The third-order valence-electron chi connectivity index (χ3n) is 5.47. The lowest BCUT2D eigenvalue weighted by atomic mass is 9.80. The fourth-order valence-corrected chi connectivity index (χ4v) is 4.00. The lowest BCUT2D eigenvalue weighted by Crippen LogP contribution is -2.79. The van der Waals surface area contributed by atoms with Gasteiger partial charge < -0.3 is 10.6 Å². The van der Waals surface area contributed by atoms with Crippen molar-refractivity contribution in [1.82, 2.24) is 20.4 Å². The lowest BCUT2D eigenvalue weighted by Gasteiger charge is -2.57. The molecule has 2 aliphatic rings. The van der Waals surface area contributed by atoms with Crippen LogP contribution in [-0.2, 0) is 13.1 Å². The molecule has 2 N–H and O–H groups in total. The molecule has 2 saturated heterocycles. The van der Waals surface area contributed by atoms with Gasteiger partial charge in [0.1, 0.15) is 12.3 Å². The van der Waals surface area contributed by atoms with Gasteiger partial charge in [0.25, 0.3) is 0 Å². The van der Waals surface area contributed by atoms with Gasteiger partial charge in [-0.25, -0.2) is 9.59 Å². The van der Waals surface area contributed by atoms with E-state index in [0.717, 1.165) is 11.1 Å². The van der Waals surface area contributed by atoms with E-state index in [1.165, 1.54) is 0 Å². The van der Waals surface area contributed by atoms with Gasteiger partial charge in [-0.3, -0.25) is 9.80 Å². The Balaban J connectivity index is 1.60. The molecule has 0 saturated carbocycles. The van der Waals surface area contributed by atoms with Gasteiger partial charge in [0.2, 0.25) is 0 Å². The Morgan fingerprint density at radius 3 is 1.48 bits per heavy atom. The number of carbonyl (C=O) groups excluding carboxylic acids is 2. The van der Waals surface area contributed by atoms with Crippen LogP contribution in [0, 0.1) is 5.41 Å². The summed E-state index contributed by atoms with van der Waals surface area (Å²) in [7, 11) is 0. The van der Waals surface area contributed by atoms with E-state index < -0.39 is 0 Å². The monoisotopic (exact) mass is 364 g/mol. The Morgan fingerprint density at radius 1 is 0.741 bits per heavy atom. The molecule has 2 bridgehead atoms. The molecule has 2 aromatic rings. The molecular weight excluding hydrogens is 340 g/mol. The number of urea groups is 2. The van der Waals surface area contributed by atoms with Gasteiger partial charge in [-0.05, 0) is 11.1 Å². The van der Waals surface area contributed by atoms with Crippen LogP contribution in [0.25, 0.3) is 0 Å². The van der Waals surface area contributed by atoms with Gasteiger partial charge in [-0.15, -0.1) is 0 Å². The fourth-order valence-electron chi connectivity index (χ4n) is 4.00. The van der Waals surface area contributed by atoms with E-state index in [1.807, 2.05) is 60.7 Å². The van der Waals surface area contributed by atoms with E-state index in [-0.39, 0.29) is 29.8 Å². The first kappa shape index (κ1) is 17.4. The highest BCUT2D eigenvalue weighted by Gasteiger charge is 2.55. The molecule has 2 heterocycles. The summed E-state index contributed by atoms with van der Waals surface area (Å²) >= 11 is 0. The Labute approximate surface area is 159 Å². The third-order valence-corrected chi connectivity index (χ3v) is 5.47. The molecule has 0 aliphatic carbocycles. The second-order valence-electron chi connectivity index (χ2n) is 7.75. The van der Waals surface area contributed by atoms with E-state index in [4.69, 9.17) is 0 Å². The van der Waals surface area contributed by atoms with Crippen molar-refractivity contribution in [2.45, 2.75) is 39.3 Å². The molecule has 27 heavy (non-hydrogen) atoms. The van der Waals surface area contributed by atoms with Gasteiger partial charge in [-0.2, -0.15) is 0 Å². The molecule has 6 nitrogen and oxygen atoms in total. The highest BCUT2D eigenvalue weighted by Crippen LogP contribution is 2.38. The number of fused-ring (bicyclic) bond motifs is 2. The molecule has 0 spiro atoms. The summed E-state index contributed by atoms with van der Waals surface area (Å²) < 4.78 is 0. The number of nitrogens with zero attached hydrogens (tertiary/aromatic N) is 2. The van der Waals surface area contributed by atoms with Crippen LogP contribution in [0.5, 0.6) is 0 Å². The van der Waals surface area contributed by atoms with Crippen LogP contribution in [0.3, 0.4) is 0 Å². The number of amides is 4. The van der Waals surface area contributed by atoms with E-state index in [1.54, 1.807) is 9.80 Å². The Kier molecular flexibility index (Phi) is 4.26. The highest BCUT2D eigenvalue weighted by atomic mass is 16.2. The fraction of sp³-hybridized carbons (Fsp3) is 0.333.